The number of likely N-dealkylation sites (tertiary alicyclic amines) is 2. The third-order valence-corrected chi connectivity index (χ3v) is 7.88. The third-order valence-electron chi connectivity index (χ3n) is 7.88. The Morgan fingerprint density at radius 2 is 1.90 bits per heavy atom. The first kappa shape index (κ1) is 28.6. The predicted molar refractivity (Wildman–Crippen MR) is 150 cm³/mol. The summed E-state index contributed by atoms with van der Waals surface area (Å²) in [7, 11) is 3.20. The van der Waals surface area contributed by atoms with Crippen LogP contribution in [-0.2, 0) is 22.6 Å². The number of aliphatic hydroxyl groups is 1. The molecule has 2 aliphatic rings. The van der Waals surface area contributed by atoms with E-state index in [1.165, 1.54) is 0 Å². The molecule has 2 N–H and O–H groups in total. The predicted octanol–water partition coefficient (Wildman–Crippen LogP) is 2.43. The number of β-amino-alcohol motifs (C(OH)–C–C–N with tert-alkyl or cyclic N) is 1. The van der Waals surface area contributed by atoms with Crippen molar-refractivity contribution in [1.82, 2.24) is 25.3 Å². The molecule has 0 spiro atoms. The second-order valence-electron chi connectivity index (χ2n) is 10.5. The average molecular weight is 564 g/mol. The number of aromatic nitrogens is 2. The van der Waals surface area contributed by atoms with Crippen LogP contribution in [0, 0.1) is 0 Å². The molecule has 0 saturated carbocycles. The van der Waals surface area contributed by atoms with Gasteiger partial charge in [0.05, 0.1) is 31.9 Å². The van der Waals surface area contributed by atoms with Crippen molar-refractivity contribution < 1.29 is 28.7 Å². The molecule has 2 saturated heterocycles. The Balaban J connectivity index is 1.10. The van der Waals surface area contributed by atoms with E-state index in [4.69, 9.17) is 14.0 Å². The van der Waals surface area contributed by atoms with E-state index >= 15 is 0 Å². The van der Waals surface area contributed by atoms with E-state index in [-0.39, 0.29) is 24.3 Å². The van der Waals surface area contributed by atoms with Gasteiger partial charge >= 0.3 is 0 Å². The summed E-state index contributed by atoms with van der Waals surface area (Å²) in [6, 6.07) is 14.8. The first-order valence-corrected chi connectivity index (χ1v) is 14.0. The van der Waals surface area contributed by atoms with E-state index in [1.54, 1.807) is 14.2 Å². The fourth-order valence-corrected chi connectivity index (χ4v) is 5.70. The molecule has 2 fully saturated rings. The Morgan fingerprint density at radius 3 is 2.68 bits per heavy atom. The molecule has 5 rings (SSSR count). The van der Waals surface area contributed by atoms with Crippen LogP contribution in [0.2, 0.25) is 0 Å². The highest BCUT2D eigenvalue weighted by Crippen LogP contribution is 2.29. The number of aliphatic hydroxyl groups excluding tert-OH is 1. The van der Waals surface area contributed by atoms with Crippen molar-refractivity contribution in [2.75, 3.05) is 33.9 Å². The molecule has 0 radical (unpaired) electrons. The lowest BCUT2D eigenvalue weighted by Crippen LogP contribution is -2.52. The number of piperidine rings is 1. The number of hydrogen-bond acceptors (Lipinski definition) is 9. The van der Waals surface area contributed by atoms with Crippen LogP contribution < -0.4 is 14.8 Å². The lowest BCUT2D eigenvalue weighted by molar-refractivity contribution is -0.134. The van der Waals surface area contributed by atoms with Gasteiger partial charge in [-0.1, -0.05) is 29.4 Å². The number of methoxy groups -OCH3 is 2. The third kappa shape index (κ3) is 6.86. The normalized spacial score (nSPS) is 19.7. The van der Waals surface area contributed by atoms with Crippen LogP contribution in [0.4, 0.5) is 0 Å². The summed E-state index contributed by atoms with van der Waals surface area (Å²) < 4.78 is 16.0. The molecule has 0 bridgehead atoms. The maximum atomic E-state index is 13.1. The Bertz CT molecular complexity index is 1340. The number of amides is 2. The number of rotatable bonds is 10. The van der Waals surface area contributed by atoms with Crippen LogP contribution in [0.3, 0.4) is 0 Å². The number of carbonyl (C=O) groups is 2. The van der Waals surface area contributed by atoms with E-state index in [9.17, 15) is 14.7 Å². The number of aryl methyl sites for hydroxylation is 1. The first-order valence-electron chi connectivity index (χ1n) is 14.0. The Hall–Kier alpha value is -3.96. The number of ether oxygens (including phenoxy) is 2. The van der Waals surface area contributed by atoms with Gasteiger partial charge in [0.15, 0.2) is 0 Å². The molecule has 2 atom stereocenters. The van der Waals surface area contributed by atoms with Crippen LogP contribution in [-0.4, -0.2) is 88.9 Å². The second-order valence-corrected chi connectivity index (χ2v) is 10.5. The van der Waals surface area contributed by atoms with Gasteiger partial charge in [-0.25, -0.2) is 0 Å². The van der Waals surface area contributed by atoms with E-state index < -0.39 is 12.1 Å². The maximum Gasteiger partial charge on any atom is 0.237 e. The number of carbonyl (C=O) groups excluding carboxylic acids is 2. The highest BCUT2D eigenvalue weighted by atomic mass is 16.5. The largest absolute Gasteiger partial charge is 0.497 e. The molecule has 2 aromatic carbocycles. The summed E-state index contributed by atoms with van der Waals surface area (Å²) >= 11 is 0. The topological polar surface area (TPSA) is 130 Å². The number of benzene rings is 2. The maximum absolute atomic E-state index is 13.1. The van der Waals surface area contributed by atoms with Gasteiger partial charge in [0, 0.05) is 45.1 Å². The van der Waals surface area contributed by atoms with Crippen LogP contribution in [0.15, 0.2) is 53.1 Å². The van der Waals surface area contributed by atoms with Crippen molar-refractivity contribution in [3.8, 4) is 22.9 Å². The Labute approximate surface area is 239 Å². The SMILES string of the molecule is COc1cccc(CNC(=O)[C@@H]2C[C@@H](O)CN2C2CCN(C(=O)CCc3nc(-c4ccccc4OC)no3)CC2)c1. The van der Waals surface area contributed by atoms with E-state index in [1.807, 2.05) is 53.4 Å². The number of para-hydroxylation sites is 1. The van der Waals surface area contributed by atoms with Crippen molar-refractivity contribution in [3.05, 3.63) is 60.0 Å². The minimum atomic E-state index is -0.544. The zero-order valence-electron chi connectivity index (χ0n) is 23.5. The van der Waals surface area contributed by atoms with Gasteiger partial charge < -0.3 is 29.3 Å². The van der Waals surface area contributed by atoms with Crippen molar-refractivity contribution in [2.24, 2.45) is 0 Å². The van der Waals surface area contributed by atoms with Gasteiger partial charge in [-0.2, -0.15) is 4.98 Å². The molecule has 3 aromatic rings. The smallest absolute Gasteiger partial charge is 0.237 e. The summed E-state index contributed by atoms with van der Waals surface area (Å²) in [5, 5.41) is 17.5. The van der Waals surface area contributed by atoms with E-state index in [2.05, 4.69) is 20.4 Å². The van der Waals surface area contributed by atoms with Gasteiger partial charge in [-0.3, -0.25) is 14.5 Å². The summed E-state index contributed by atoms with van der Waals surface area (Å²) in [6.45, 7) is 2.06. The molecule has 1 aromatic heterocycles. The number of nitrogens with zero attached hydrogens (tertiary/aromatic N) is 4. The molecule has 2 aliphatic heterocycles. The fraction of sp³-hybridized carbons (Fsp3) is 0.467. The minimum absolute atomic E-state index is 0.0366. The molecule has 11 nitrogen and oxygen atoms in total. The summed E-state index contributed by atoms with van der Waals surface area (Å²) in [5.74, 6) is 2.18. The first-order chi connectivity index (χ1) is 19.9. The monoisotopic (exact) mass is 563 g/mol. The van der Waals surface area contributed by atoms with Crippen LogP contribution in [0.5, 0.6) is 11.5 Å². The lowest BCUT2D eigenvalue weighted by atomic mass is 10.0. The van der Waals surface area contributed by atoms with Gasteiger partial charge in [0.2, 0.25) is 23.5 Å². The average Bonchev–Trinajstić information content (AvgIpc) is 3.65. The van der Waals surface area contributed by atoms with Crippen molar-refractivity contribution in [3.63, 3.8) is 0 Å². The molecule has 0 aliphatic carbocycles. The van der Waals surface area contributed by atoms with Crippen LogP contribution >= 0.6 is 0 Å². The quantitative estimate of drug-likeness (QED) is 0.382. The summed E-state index contributed by atoms with van der Waals surface area (Å²) in [5.41, 5.74) is 1.68. The Kier molecular flexibility index (Phi) is 9.15. The standard InChI is InChI=1S/C30H37N5O6/c1-39-23-7-5-6-20(16-23)18-31-30(38)25-17-22(36)19-35(25)21-12-14-34(15-13-21)28(37)11-10-27-32-29(33-41-27)24-8-3-4-9-26(24)40-2/h3-9,16,21-22,25,36H,10-15,17-19H2,1-2H3,(H,31,38)/t22-,25+/m1/s1. The lowest BCUT2D eigenvalue weighted by Gasteiger charge is -2.39. The van der Waals surface area contributed by atoms with E-state index in [0.29, 0.717) is 56.5 Å². The molecule has 0 unspecified atom stereocenters. The van der Waals surface area contributed by atoms with Gasteiger partial charge in [-0.05, 0) is 49.1 Å². The minimum Gasteiger partial charge on any atom is -0.497 e. The zero-order chi connectivity index (χ0) is 28.8. The summed E-state index contributed by atoms with van der Waals surface area (Å²) in [4.78, 5) is 34.5. The molecular weight excluding hydrogens is 526 g/mol. The molecule has 218 valence electrons. The zero-order valence-corrected chi connectivity index (χ0v) is 23.5. The van der Waals surface area contributed by atoms with Crippen molar-refractivity contribution in [2.45, 2.75) is 56.8 Å². The second kappa shape index (κ2) is 13.1. The number of nitrogens with one attached hydrogen (secondary N) is 1. The number of hydrogen-bond donors (Lipinski definition) is 2. The molecule has 41 heavy (non-hydrogen) atoms. The van der Waals surface area contributed by atoms with E-state index in [0.717, 1.165) is 29.7 Å². The highest BCUT2D eigenvalue weighted by Gasteiger charge is 2.41. The highest BCUT2D eigenvalue weighted by molar-refractivity contribution is 5.82. The molecule has 11 heteroatoms. The van der Waals surface area contributed by atoms with Gasteiger partial charge in [0.25, 0.3) is 0 Å². The molecule has 2 amide bonds. The fourth-order valence-electron chi connectivity index (χ4n) is 5.70. The summed E-state index contributed by atoms with van der Waals surface area (Å²) in [6.07, 6.45) is 1.99. The molecular formula is C30H37N5O6. The van der Waals surface area contributed by atoms with Crippen molar-refractivity contribution >= 4 is 11.8 Å². The van der Waals surface area contributed by atoms with Crippen LogP contribution in [0.25, 0.3) is 11.4 Å². The van der Waals surface area contributed by atoms with Gasteiger partial charge in [-0.15, -0.1) is 0 Å². The van der Waals surface area contributed by atoms with Crippen LogP contribution in [0.1, 0.15) is 37.1 Å². The Morgan fingerprint density at radius 1 is 1.10 bits per heavy atom. The molecule has 3 heterocycles. The van der Waals surface area contributed by atoms with Crippen molar-refractivity contribution in [1.29, 1.82) is 0 Å². The van der Waals surface area contributed by atoms with Gasteiger partial charge in [0.1, 0.15) is 11.5 Å².